The zero-order chi connectivity index (χ0) is 31.5. The molecule has 7 rings (SSSR count). The Labute approximate surface area is 258 Å². The number of hydrogen-bond donors (Lipinski definition) is 2. The van der Waals surface area contributed by atoms with Crippen molar-refractivity contribution in [3.63, 3.8) is 0 Å². The van der Waals surface area contributed by atoms with Crippen LogP contribution in [0.25, 0.3) is 32.9 Å². The predicted octanol–water partition coefficient (Wildman–Crippen LogP) is 4.54. The van der Waals surface area contributed by atoms with Crippen LogP contribution in [0.2, 0.25) is 0 Å². The Balaban J connectivity index is 1.45. The maximum atomic E-state index is 16.9. The van der Waals surface area contributed by atoms with E-state index in [9.17, 15) is 13.9 Å². The van der Waals surface area contributed by atoms with Crippen molar-refractivity contribution in [2.45, 2.75) is 43.9 Å². The molecule has 0 saturated carbocycles. The smallest absolute Gasteiger partial charge is 0.319 e. The van der Waals surface area contributed by atoms with Crippen LogP contribution >= 0.6 is 0 Å². The van der Waals surface area contributed by atoms with Crippen molar-refractivity contribution < 1.29 is 23.0 Å². The summed E-state index contributed by atoms with van der Waals surface area (Å²) in [5.74, 6) is 3.57. The third kappa shape index (κ3) is 4.78. The van der Waals surface area contributed by atoms with Crippen molar-refractivity contribution in [3.05, 3.63) is 47.2 Å². The van der Waals surface area contributed by atoms with E-state index in [1.54, 1.807) is 0 Å². The molecule has 3 aliphatic heterocycles. The van der Waals surface area contributed by atoms with Crippen LogP contribution < -0.4 is 15.0 Å². The molecule has 0 radical (unpaired) electrons. The van der Waals surface area contributed by atoms with Gasteiger partial charge in [-0.1, -0.05) is 12.0 Å². The summed E-state index contributed by atoms with van der Waals surface area (Å²) in [6.45, 7) is 5.20. The summed E-state index contributed by atoms with van der Waals surface area (Å²) in [7, 11) is 0. The summed E-state index contributed by atoms with van der Waals surface area (Å²) in [6, 6.07) is 5.23. The zero-order valence-electron chi connectivity index (χ0n) is 24.7. The molecule has 230 valence electrons. The zero-order valence-corrected chi connectivity index (χ0v) is 24.7. The number of benzene rings is 2. The van der Waals surface area contributed by atoms with Crippen LogP contribution in [-0.2, 0) is 0 Å². The first-order valence-electron chi connectivity index (χ1n) is 15.0. The summed E-state index contributed by atoms with van der Waals surface area (Å²) in [5.41, 5.74) is -0.824. The highest BCUT2D eigenvalue weighted by Gasteiger charge is 2.49. The van der Waals surface area contributed by atoms with Crippen molar-refractivity contribution in [1.29, 1.82) is 0 Å². The Kier molecular flexibility index (Phi) is 7.19. The molecule has 0 unspecified atom stereocenters. The quantitative estimate of drug-likeness (QED) is 0.318. The lowest BCUT2D eigenvalue weighted by Gasteiger charge is -2.36. The van der Waals surface area contributed by atoms with E-state index in [2.05, 4.69) is 32.0 Å². The number of piperazine rings is 1. The Bertz CT molecular complexity index is 1940. The Morgan fingerprint density at radius 1 is 1.13 bits per heavy atom. The van der Waals surface area contributed by atoms with Crippen molar-refractivity contribution in [1.82, 2.24) is 25.2 Å². The molecule has 2 aromatic heterocycles. The number of nitrogens with one attached hydrogen (secondary N) is 1. The second kappa shape index (κ2) is 11.1. The largest absolute Gasteiger partial charge is 0.508 e. The lowest BCUT2D eigenvalue weighted by molar-refractivity contribution is 0.107. The van der Waals surface area contributed by atoms with Crippen LogP contribution in [0.4, 0.5) is 19.0 Å². The molecule has 11 heteroatoms. The number of phenolic OH excluding ortho intramolecular Hbond substituents is 1. The number of rotatable bonds is 5. The third-order valence-electron chi connectivity index (χ3n) is 9.34. The molecule has 3 aliphatic rings. The first kappa shape index (κ1) is 29.1. The molecule has 0 spiro atoms. The van der Waals surface area contributed by atoms with Gasteiger partial charge in [0.1, 0.15) is 47.1 Å². The number of phenols is 1. The number of halogens is 3. The minimum absolute atomic E-state index is 0.0275. The average Bonchev–Trinajstić information content (AvgIpc) is 3.56. The van der Waals surface area contributed by atoms with Gasteiger partial charge in [-0.05, 0) is 55.8 Å². The van der Waals surface area contributed by atoms with Crippen molar-refractivity contribution in [3.8, 4) is 47.7 Å². The molecule has 4 aromatic rings. The SMILES string of the molecule is C#Cc1c(F)ccc2cc(O)cc(-c3nc(C#C)c4c(N5CCNC[C@@H]5C)nc(OC[C@@]56CCCN5C[C@H](F)C6)nc4c3F)c12. The number of aromatic hydroxyl groups is 1. The van der Waals surface area contributed by atoms with Crippen LogP contribution in [0.5, 0.6) is 11.8 Å². The lowest BCUT2D eigenvalue weighted by Crippen LogP contribution is -2.50. The highest BCUT2D eigenvalue weighted by atomic mass is 19.1. The molecular formula is C34H31F3N6O2. The Morgan fingerprint density at radius 2 is 1.98 bits per heavy atom. The van der Waals surface area contributed by atoms with Crippen LogP contribution in [0.15, 0.2) is 24.3 Å². The van der Waals surface area contributed by atoms with Crippen molar-refractivity contribution in [2.75, 3.05) is 44.2 Å². The molecule has 8 nitrogen and oxygen atoms in total. The fraction of sp³-hybridized carbons (Fsp3) is 0.382. The van der Waals surface area contributed by atoms with E-state index in [0.29, 0.717) is 43.8 Å². The molecule has 3 saturated heterocycles. The van der Waals surface area contributed by atoms with Gasteiger partial charge in [-0.2, -0.15) is 9.97 Å². The van der Waals surface area contributed by atoms with Gasteiger partial charge in [0, 0.05) is 49.6 Å². The minimum atomic E-state index is -0.942. The van der Waals surface area contributed by atoms with Gasteiger partial charge in [-0.25, -0.2) is 18.2 Å². The average molecular weight is 613 g/mol. The maximum absolute atomic E-state index is 16.9. The highest BCUT2D eigenvalue weighted by Crippen LogP contribution is 2.42. The number of ether oxygens (including phenoxy) is 1. The number of aromatic nitrogens is 3. The van der Waals surface area contributed by atoms with Gasteiger partial charge in [0.05, 0.1) is 16.5 Å². The summed E-state index contributed by atoms with van der Waals surface area (Å²) in [6.07, 6.45) is 12.8. The van der Waals surface area contributed by atoms with Gasteiger partial charge in [-0.3, -0.25) is 4.90 Å². The second-order valence-electron chi connectivity index (χ2n) is 12.1. The highest BCUT2D eigenvalue weighted by molar-refractivity contribution is 6.04. The maximum Gasteiger partial charge on any atom is 0.319 e. The Morgan fingerprint density at radius 3 is 2.76 bits per heavy atom. The van der Waals surface area contributed by atoms with E-state index in [1.807, 2.05) is 11.8 Å². The summed E-state index contributed by atoms with van der Waals surface area (Å²) in [4.78, 5) is 17.9. The van der Waals surface area contributed by atoms with E-state index in [0.717, 1.165) is 19.4 Å². The third-order valence-corrected chi connectivity index (χ3v) is 9.34. The normalized spacial score (nSPS) is 23.3. The number of hydrogen-bond acceptors (Lipinski definition) is 8. The van der Waals surface area contributed by atoms with Gasteiger partial charge in [0.2, 0.25) is 0 Å². The van der Waals surface area contributed by atoms with Gasteiger partial charge >= 0.3 is 6.01 Å². The lowest BCUT2D eigenvalue weighted by atomic mass is 9.95. The topological polar surface area (TPSA) is 86.6 Å². The predicted molar refractivity (Wildman–Crippen MR) is 166 cm³/mol. The standard InChI is InChI=1S/C34H31F3N6O2/c1-4-23-25(36)8-7-20-13-22(44)14-24(27(20)23)30-29(37)31-28(26(5-2)39-30)32(43-12-10-38-16-19(43)3)41-33(40-31)45-18-34-9-6-11-42(34)17-21(35)15-34/h1-2,7-8,13-14,19,21,38,44H,6,9-12,15-18H2,3H3/t19-,21+,34-/m0/s1. The van der Waals surface area contributed by atoms with E-state index < -0.39 is 23.3 Å². The number of alkyl halides is 1. The molecular weight excluding hydrogens is 581 g/mol. The van der Waals surface area contributed by atoms with E-state index in [-0.39, 0.29) is 63.2 Å². The first-order chi connectivity index (χ1) is 21.7. The number of pyridine rings is 1. The molecule has 2 N–H and O–H groups in total. The van der Waals surface area contributed by atoms with Crippen molar-refractivity contribution in [2.24, 2.45) is 0 Å². The summed E-state index contributed by atoms with van der Waals surface area (Å²) >= 11 is 0. The van der Waals surface area contributed by atoms with Crippen LogP contribution in [0, 0.1) is 36.3 Å². The fourth-order valence-corrected chi connectivity index (χ4v) is 7.25. The van der Waals surface area contributed by atoms with E-state index >= 15 is 4.39 Å². The van der Waals surface area contributed by atoms with Crippen LogP contribution in [-0.4, -0.2) is 82.0 Å². The molecule has 0 bridgehead atoms. The molecule has 45 heavy (non-hydrogen) atoms. The minimum Gasteiger partial charge on any atom is -0.508 e. The molecule has 5 heterocycles. The summed E-state index contributed by atoms with van der Waals surface area (Å²) < 4.78 is 52.4. The number of terminal acetylenes is 2. The monoisotopic (exact) mass is 612 g/mol. The van der Waals surface area contributed by atoms with Gasteiger partial charge in [0.15, 0.2) is 5.82 Å². The van der Waals surface area contributed by atoms with Crippen LogP contribution in [0.3, 0.4) is 0 Å². The molecule has 3 fully saturated rings. The van der Waals surface area contributed by atoms with E-state index in [1.165, 1.54) is 24.3 Å². The molecule has 0 aliphatic carbocycles. The summed E-state index contributed by atoms with van der Waals surface area (Å²) in [5, 5.41) is 14.7. The number of fused-ring (bicyclic) bond motifs is 3. The van der Waals surface area contributed by atoms with Gasteiger partial charge < -0.3 is 20.1 Å². The van der Waals surface area contributed by atoms with Gasteiger partial charge in [0.25, 0.3) is 0 Å². The first-order valence-corrected chi connectivity index (χ1v) is 15.0. The van der Waals surface area contributed by atoms with Crippen molar-refractivity contribution >= 4 is 27.5 Å². The number of anilines is 1. The molecule has 3 atom stereocenters. The molecule has 2 aromatic carbocycles. The fourth-order valence-electron chi connectivity index (χ4n) is 7.25. The van der Waals surface area contributed by atoms with E-state index in [4.69, 9.17) is 22.6 Å². The Hall–Kier alpha value is -4.58. The second-order valence-corrected chi connectivity index (χ2v) is 12.1. The van der Waals surface area contributed by atoms with Gasteiger partial charge in [-0.15, -0.1) is 12.8 Å². The molecule has 0 amide bonds. The number of nitrogens with zero attached hydrogens (tertiary/aromatic N) is 5. The van der Waals surface area contributed by atoms with Crippen LogP contribution in [0.1, 0.15) is 37.4 Å².